The molecule has 0 spiro atoms. The van der Waals surface area contributed by atoms with Gasteiger partial charge in [0.05, 0.1) is 11.4 Å². The van der Waals surface area contributed by atoms with E-state index in [2.05, 4.69) is 10.6 Å². The summed E-state index contributed by atoms with van der Waals surface area (Å²) in [5, 5.41) is 6.08. The molecule has 6 heteroatoms. The second-order valence-corrected chi connectivity index (χ2v) is 5.23. The molecule has 2 aliphatic rings. The normalized spacial score (nSPS) is 18.2. The molecule has 0 aromatic heterocycles. The first kappa shape index (κ1) is 12.9. The largest absolute Gasteiger partial charge is 0.486 e. The molecule has 0 radical (unpaired) electrons. The fourth-order valence-corrected chi connectivity index (χ4v) is 2.08. The van der Waals surface area contributed by atoms with Crippen molar-refractivity contribution in [3.8, 4) is 11.5 Å². The lowest BCUT2D eigenvalue weighted by atomic mass is 10.2. The summed E-state index contributed by atoms with van der Waals surface area (Å²) in [6.45, 7) is 2.86. The maximum Gasteiger partial charge on any atom is 0.242 e. The minimum absolute atomic E-state index is 0.0122. The zero-order chi connectivity index (χ0) is 14.1. The van der Waals surface area contributed by atoms with Gasteiger partial charge in [-0.15, -0.1) is 0 Å². The molecule has 1 aliphatic heterocycles. The topological polar surface area (TPSA) is 85.6 Å². The van der Waals surface area contributed by atoms with Crippen molar-refractivity contribution >= 4 is 17.3 Å². The highest BCUT2D eigenvalue weighted by Gasteiger charge is 2.26. The van der Waals surface area contributed by atoms with E-state index in [-0.39, 0.29) is 11.9 Å². The first-order chi connectivity index (χ1) is 9.63. The Bertz CT molecular complexity index is 529. The van der Waals surface area contributed by atoms with Gasteiger partial charge in [-0.2, -0.15) is 0 Å². The van der Waals surface area contributed by atoms with E-state index in [0.717, 1.165) is 12.8 Å². The Labute approximate surface area is 117 Å². The summed E-state index contributed by atoms with van der Waals surface area (Å²) in [4.78, 5) is 11.9. The van der Waals surface area contributed by atoms with Crippen LogP contribution in [0.1, 0.15) is 19.8 Å². The summed E-state index contributed by atoms with van der Waals surface area (Å²) < 4.78 is 11.0. The van der Waals surface area contributed by atoms with Crippen molar-refractivity contribution in [2.24, 2.45) is 0 Å². The van der Waals surface area contributed by atoms with Crippen LogP contribution in [0.3, 0.4) is 0 Å². The zero-order valence-corrected chi connectivity index (χ0v) is 11.4. The number of amides is 1. The number of carbonyl (C=O) groups is 1. The first-order valence-corrected chi connectivity index (χ1v) is 6.89. The van der Waals surface area contributed by atoms with Gasteiger partial charge in [-0.1, -0.05) is 0 Å². The van der Waals surface area contributed by atoms with Crippen molar-refractivity contribution in [2.75, 3.05) is 24.3 Å². The molecule has 1 aromatic carbocycles. The highest BCUT2D eigenvalue weighted by molar-refractivity contribution is 5.86. The van der Waals surface area contributed by atoms with Gasteiger partial charge < -0.3 is 25.8 Å². The highest BCUT2D eigenvalue weighted by atomic mass is 16.6. The smallest absolute Gasteiger partial charge is 0.242 e. The minimum Gasteiger partial charge on any atom is -0.486 e. The molecule has 0 saturated heterocycles. The Morgan fingerprint density at radius 2 is 1.95 bits per heavy atom. The molecule has 4 N–H and O–H groups in total. The van der Waals surface area contributed by atoms with E-state index in [9.17, 15) is 4.79 Å². The average molecular weight is 277 g/mol. The lowest BCUT2D eigenvalue weighted by Crippen LogP contribution is -2.38. The Balaban J connectivity index is 1.71. The predicted molar refractivity (Wildman–Crippen MR) is 76.1 cm³/mol. The van der Waals surface area contributed by atoms with Crippen molar-refractivity contribution in [2.45, 2.75) is 31.8 Å². The van der Waals surface area contributed by atoms with Gasteiger partial charge in [0.1, 0.15) is 19.3 Å². The number of rotatable bonds is 4. The Morgan fingerprint density at radius 3 is 2.60 bits per heavy atom. The molecule has 108 valence electrons. The maximum absolute atomic E-state index is 11.9. The van der Waals surface area contributed by atoms with Gasteiger partial charge in [-0.25, -0.2) is 0 Å². The van der Waals surface area contributed by atoms with Crippen molar-refractivity contribution in [1.29, 1.82) is 0 Å². The van der Waals surface area contributed by atoms with Gasteiger partial charge in [-0.3, -0.25) is 4.79 Å². The molecular formula is C14H19N3O3. The van der Waals surface area contributed by atoms with Crippen LogP contribution in [-0.2, 0) is 4.79 Å². The van der Waals surface area contributed by atoms with E-state index in [1.165, 1.54) is 0 Å². The van der Waals surface area contributed by atoms with Crippen LogP contribution in [0.4, 0.5) is 11.4 Å². The number of fused-ring (bicyclic) bond motifs is 1. The van der Waals surface area contributed by atoms with Crippen molar-refractivity contribution in [1.82, 2.24) is 5.32 Å². The number of nitrogens with two attached hydrogens (primary N) is 1. The van der Waals surface area contributed by atoms with Crippen LogP contribution in [0.15, 0.2) is 12.1 Å². The molecule has 1 saturated carbocycles. The van der Waals surface area contributed by atoms with Gasteiger partial charge in [0.25, 0.3) is 0 Å². The number of ether oxygens (including phenoxy) is 2. The van der Waals surface area contributed by atoms with Crippen LogP contribution in [0.2, 0.25) is 0 Å². The van der Waals surface area contributed by atoms with Crippen molar-refractivity contribution in [3.05, 3.63) is 12.1 Å². The number of carbonyl (C=O) groups excluding carboxylic acids is 1. The van der Waals surface area contributed by atoms with Gasteiger partial charge >= 0.3 is 0 Å². The number of benzene rings is 1. The Morgan fingerprint density at radius 1 is 1.30 bits per heavy atom. The SMILES string of the molecule is CC(Nc1cc2c(cc1N)OCCO2)C(=O)NC1CC1. The minimum atomic E-state index is -0.347. The second kappa shape index (κ2) is 5.11. The molecule has 20 heavy (non-hydrogen) atoms. The van der Waals surface area contributed by atoms with E-state index in [4.69, 9.17) is 15.2 Å². The molecule has 1 heterocycles. The molecule has 0 bridgehead atoms. The highest BCUT2D eigenvalue weighted by Crippen LogP contribution is 2.37. The Kier molecular flexibility index (Phi) is 3.30. The summed E-state index contributed by atoms with van der Waals surface area (Å²) in [5.74, 6) is 1.29. The first-order valence-electron chi connectivity index (χ1n) is 6.89. The monoisotopic (exact) mass is 277 g/mol. The predicted octanol–water partition coefficient (Wildman–Crippen LogP) is 1.12. The summed E-state index contributed by atoms with van der Waals surface area (Å²) >= 11 is 0. The molecule has 3 rings (SSSR count). The van der Waals surface area contributed by atoms with Crippen molar-refractivity contribution < 1.29 is 14.3 Å². The van der Waals surface area contributed by atoms with Crippen LogP contribution in [0.5, 0.6) is 11.5 Å². The van der Waals surface area contributed by atoms with Crippen LogP contribution < -0.4 is 25.8 Å². The van der Waals surface area contributed by atoms with Crippen molar-refractivity contribution in [3.63, 3.8) is 0 Å². The van der Waals surface area contributed by atoms with Gasteiger partial charge in [0.15, 0.2) is 11.5 Å². The van der Waals surface area contributed by atoms with E-state index in [0.29, 0.717) is 42.1 Å². The summed E-state index contributed by atoms with van der Waals surface area (Å²) in [7, 11) is 0. The molecule has 1 unspecified atom stereocenters. The Hall–Kier alpha value is -2.11. The van der Waals surface area contributed by atoms with E-state index in [1.54, 1.807) is 12.1 Å². The third-order valence-electron chi connectivity index (χ3n) is 3.40. The number of hydrogen-bond acceptors (Lipinski definition) is 5. The second-order valence-electron chi connectivity index (χ2n) is 5.23. The lowest BCUT2D eigenvalue weighted by molar-refractivity contribution is -0.121. The van der Waals surface area contributed by atoms with Gasteiger partial charge in [0.2, 0.25) is 5.91 Å². The van der Waals surface area contributed by atoms with Crippen LogP contribution in [0, 0.1) is 0 Å². The van der Waals surface area contributed by atoms with Crippen LogP contribution >= 0.6 is 0 Å². The molecule has 1 aliphatic carbocycles. The van der Waals surface area contributed by atoms with Gasteiger partial charge in [-0.05, 0) is 19.8 Å². The standard InChI is InChI=1S/C14H19N3O3/c1-8(14(18)17-9-2-3-9)16-11-7-13-12(6-10(11)15)19-4-5-20-13/h6-9,16H,2-5,15H2,1H3,(H,17,18). The van der Waals surface area contributed by atoms with Crippen LogP contribution in [0.25, 0.3) is 0 Å². The quantitative estimate of drug-likeness (QED) is 0.718. The molecule has 1 amide bonds. The molecule has 6 nitrogen and oxygen atoms in total. The number of nitrogen functional groups attached to an aromatic ring is 1. The van der Waals surface area contributed by atoms with E-state index >= 15 is 0 Å². The van der Waals surface area contributed by atoms with Gasteiger partial charge in [0, 0.05) is 18.2 Å². The zero-order valence-electron chi connectivity index (χ0n) is 11.4. The van der Waals surface area contributed by atoms with E-state index in [1.807, 2.05) is 6.92 Å². The average Bonchev–Trinajstić information content (AvgIpc) is 3.23. The van der Waals surface area contributed by atoms with E-state index < -0.39 is 0 Å². The third-order valence-corrected chi connectivity index (χ3v) is 3.40. The lowest BCUT2D eigenvalue weighted by Gasteiger charge is -2.22. The maximum atomic E-state index is 11.9. The molecule has 1 aromatic rings. The van der Waals surface area contributed by atoms with Crippen LogP contribution in [-0.4, -0.2) is 31.2 Å². The molecule has 1 fully saturated rings. The summed E-state index contributed by atoms with van der Waals surface area (Å²) in [6, 6.07) is 3.51. The fraction of sp³-hybridized carbons (Fsp3) is 0.500. The summed E-state index contributed by atoms with van der Waals surface area (Å²) in [5.41, 5.74) is 7.21. The fourth-order valence-electron chi connectivity index (χ4n) is 2.08. The number of anilines is 2. The third kappa shape index (κ3) is 2.74. The number of nitrogens with one attached hydrogen (secondary N) is 2. The molecular weight excluding hydrogens is 258 g/mol. The molecule has 1 atom stereocenters. The summed E-state index contributed by atoms with van der Waals surface area (Å²) in [6.07, 6.45) is 2.15. The number of hydrogen-bond donors (Lipinski definition) is 3.